The molecule has 0 aliphatic carbocycles. The van der Waals surface area contributed by atoms with Gasteiger partial charge in [0.2, 0.25) is 11.8 Å². The lowest BCUT2D eigenvalue weighted by Crippen LogP contribution is -2.53. The molecule has 0 spiro atoms. The van der Waals surface area contributed by atoms with Gasteiger partial charge in [-0.25, -0.2) is 8.42 Å². The van der Waals surface area contributed by atoms with E-state index in [4.69, 9.17) is 0 Å². The van der Waals surface area contributed by atoms with E-state index in [0.29, 0.717) is 12.2 Å². The highest BCUT2D eigenvalue weighted by atomic mass is 32.2. The van der Waals surface area contributed by atoms with Crippen LogP contribution in [-0.2, 0) is 32.6 Å². The van der Waals surface area contributed by atoms with Crippen molar-refractivity contribution < 1.29 is 18.0 Å². The van der Waals surface area contributed by atoms with Gasteiger partial charge in [0.15, 0.2) is 0 Å². The summed E-state index contributed by atoms with van der Waals surface area (Å²) in [7, 11) is -4.15. The third-order valence-corrected chi connectivity index (χ3v) is 10.2. The normalized spacial score (nSPS) is 12.0. The van der Waals surface area contributed by atoms with Gasteiger partial charge in [0.1, 0.15) is 12.6 Å². The fraction of sp³-hybridized carbons (Fsp3) is 0.333. The predicted molar refractivity (Wildman–Crippen MR) is 190 cm³/mol. The first-order valence-electron chi connectivity index (χ1n) is 16.4. The summed E-state index contributed by atoms with van der Waals surface area (Å²) in [6.07, 6.45) is 2.01. The molecule has 0 aliphatic rings. The number of hydrogen-bond donors (Lipinski definition) is 1. The van der Waals surface area contributed by atoms with Crippen molar-refractivity contribution >= 4 is 27.5 Å². The molecule has 0 radical (unpaired) electrons. The molecular weight excluding hydrogens is 607 g/mol. The van der Waals surface area contributed by atoms with Crippen LogP contribution in [0.15, 0.2) is 108 Å². The molecule has 1 N–H and O–H groups in total. The van der Waals surface area contributed by atoms with E-state index in [1.54, 1.807) is 41.3 Å². The number of rotatable bonds is 15. The van der Waals surface area contributed by atoms with E-state index in [1.165, 1.54) is 4.31 Å². The van der Waals surface area contributed by atoms with Crippen molar-refractivity contribution in [2.75, 3.05) is 17.4 Å². The number of nitrogens with one attached hydrogen (secondary N) is 1. The lowest BCUT2D eigenvalue weighted by atomic mass is 10.0. The van der Waals surface area contributed by atoms with Crippen LogP contribution >= 0.6 is 0 Å². The van der Waals surface area contributed by atoms with Crippen LogP contribution in [0.4, 0.5) is 5.69 Å². The minimum atomic E-state index is -4.15. The third kappa shape index (κ3) is 9.32. The summed E-state index contributed by atoms with van der Waals surface area (Å²) in [5.74, 6) is -0.482. The minimum Gasteiger partial charge on any atom is -0.354 e. The first-order valence-corrected chi connectivity index (χ1v) is 17.8. The van der Waals surface area contributed by atoms with Gasteiger partial charge in [-0.3, -0.25) is 13.9 Å². The molecule has 0 saturated carbocycles. The van der Waals surface area contributed by atoms with Crippen molar-refractivity contribution in [1.29, 1.82) is 0 Å². The first kappa shape index (κ1) is 35.4. The van der Waals surface area contributed by atoms with Gasteiger partial charge in [-0.05, 0) is 72.7 Å². The Morgan fingerprint density at radius 3 is 2.06 bits per heavy atom. The van der Waals surface area contributed by atoms with Crippen molar-refractivity contribution in [3.8, 4) is 0 Å². The first-order chi connectivity index (χ1) is 22.5. The second-order valence-corrected chi connectivity index (χ2v) is 14.2. The molecule has 0 aliphatic heterocycles. The Hall–Kier alpha value is -4.43. The number of carbonyl (C=O) groups is 2. The van der Waals surface area contributed by atoms with E-state index in [2.05, 4.69) is 26.1 Å². The molecule has 4 aromatic rings. The van der Waals surface area contributed by atoms with E-state index in [9.17, 15) is 18.0 Å². The van der Waals surface area contributed by atoms with E-state index < -0.39 is 28.5 Å². The quantitative estimate of drug-likeness (QED) is 0.138. The van der Waals surface area contributed by atoms with Crippen molar-refractivity contribution in [2.24, 2.45) is 0 Å². The number of nitrogens with zero attached hydrogens (tertiary/aromatic N) is 2. The molecule has 0 bridgehead atoms. The van der Waals surface area contributed by atoms with Crippen molar-refractivity contribution in [2.45, 2.75) is 77.3 Å². The Morgan fingerprint density at radius 1 is 0.809 bits per heavy atom. The van der Waals surface area contributed by atoms with Gasteiger partial charge < -0.3 is 10.2 Å². The summed E-state index contributed by atoms with van der Waals surface area (Å²) in [5, 5.41) is 3.04. The molecule has 0 saturated heterocycles. The summed E-state index contributed by atoms with van der Waals surface area (Å²) < 4.78 is 29.7. The van der Waals surface area contributed by atoms with Crippen LogP contribution in [0.2, 0.25) is 0 Å². The highest BCUT2D eigenvalue weighted by Gasteiger charge is 2.34. The van der Waals surface area contributed by atoms with Gasteiger partial charge in [0.05, 0.1) is 10.6 Å². The molecule has 0 aromatic heterocycles. The van der Waals surface area contributed by atoms with Crippen molar-refractivity contribution in [3.63, 3.8) is 0 Å². The van der Waals surface area contributed by atoms with Gasteiger partial charge in [-0.15, -0.1) is 0 Å². The molecule has 4 aromatic carbocycles. The maximum absolute atomic E-state index is 14.7. The summed E-state index contributed by atoms with van der Waals surface area (Å²) >= 11 is 0. The zero-order valence-electron chi connectivity index (χ0n) is 28.1. The zero-order chi connectivity index (χ0) is 34.0. The summed E-state index contributed by atoms with van der Waals surface area (Å²) in [4.78, 5) is 30.2. The molecular formula is C39H47N3O4S. The van der Waals surface area contributed by atoms with Crippen molar-refractivity contribution in [1.82, 2.24) is 10.2 Å². The number of aryl methyl sites for hydroxylation is 2. The fourth-order valence-electron chi connectivity index (χ4n) is 5.42. The molecule has 7 nitrogen and oxygen atoms in total. The Balaban J connectivity index is 1.80. The molecule has 0 unspecified atom stereocenters. The lowest BCUT2D eigenvalue weighted by Gasteiger charge is -2.34. The third-order valence-electron chi connectivity index (χ3n) is 8.44. The smallest absolute Gasteiger partial charge is 0.264 e. The van der Waals surface area contributed by atoms with Crippen LogP contribution in [0.1, 0.15) is 67.3 Å². The van der Waals surface area contributed by atoms with Gasteiger partial charge in [0, 0.05) is 19.5 Å². The highest BCUT2D eigenvalue weighted by molar-refractivity contribution is 7.92. The number of sulfonamides is 1. The van der Waals surface area contributed by atoms with Crippen LogP contribution in [0, 0.1) is 13.8 Å². The molecule has 0 heterocycles. The molecule has 4 rings (SSSR count). The fourth-order valence-corrected chi connectivity index (χ4v) is 6.84. The Kier molecular flexibility index (Phi) is 12.4. The number of benzene rings is 4. The molecule has 1 atom stereocenters. The molecule has 8 heteroatoms. The summed E-state index contributed by atoms with van der Waals surface area (Å²) in [6.45, 7) is 10.2. The average Bonchev–Trinajstić information content (AvgIpc) is 3.06. The second kappa shape index (κ2) is 16.4. The van der Waals surface area contributed by atoms with Crippen LogP contribution in [0.5, 0.6) is 0 Å². The molecule has 2 amide bonds. The minimum absolute atomic E-state index is 0.0902. The Labute approximate surface area is 280 Å². The maximum atomic E-state index is 14.7. The number of amides is 2. The molecule has 248 valence electrons. The summed E-state index contributed by atoms with van der Waals surface area (Å²) in [6, 6.07) is 30.4. The molecule has 0 fully saturated rings. The number of carbonyl (C=O) groups excluding carboxylic acids is 2. The van der Waals surface area contributed by atoms with E-state index in [0.717, 1.165) is 40.7 Å². The van der Waals surface area contributed by atoms with Crippen LogP contribution in [0.3, 0.4) is 0 Å². The maximum Gasteiger partial charge on any atom is 0.264 e. The van der Waals surface area contributed by atoms with E-state index in [1.807, 2.05) is 80.6 Å². The monoisotopic (exact) mass is 653 g/mol. The standard InChI is InChI=1S/C39H47N3O4S/c1-6-7-25-40-39(44)37(26-32-14-9-8-10-15-32)41(27-34-16-12-11-13-31(34)5)38(43)28-42(35-21-19-33(20-22-35)29(2)3)47(45,46)36-23-17-30(4)18-24-36/h8-24,29,37H,6-7,25-28H2,1-5H3,(H,40,44)/t37-/m1/s1. The van der Waals surface area contributed by atoms with Gasteiger partial charge in [0.25, 0.3) is 10.0 Å². The highest BCUT2D eigenvalue weighted by Crippen LogP contribution is 2.27. The Morgan fingerprint density at radius 2 is 1.45 bits per heavy atom. The number of anilines is 1. The number of hydrogen-bond acceptors (Lipinski definition) is 4. The largest absolute Gasteiger partial charge is 0.354 e. The Bertz CT molecular complexity index is 1720. The average molecular weight is 654 g/mol. The summed E-state index contributed by atoms with van der Waals surface area (Å²) in [5.41, 5.74) is 5.12. The van der Waals surface area contributed by atoms with Crippen LogP contribution in [0.25, 0.3) is 0 Å². The van der Waals surface area contributed by atoms with Gasteiger partial charge >= 0.3 is 0 Å². The van der Waals surface area contributed by atoms with E-state index in [-0.39, 0.29) is 29.7 Å². The lowest BCUT2D eigenvalue weighted by molar-refractivity contribution is -0.140. The zero-order valence-corrected chi connectivity index (χ0v) is 29.0. The molecule has 47 heavy (non-hydrogen) atoms. The van der Waals surface area contributed by atoms with Crippen molar-refractivity contribution in [3.05, 3.63) is 131 Å². The second-order valence-electron chi connectivity index (χ2n) is 12.4. The van der Waals surface area contributed by atoms with Crippen LogP contribution in [-0.4, -0.2) is 44.3 Å². The predicted octanol–water partition coefficient (Wildman–Crippen LogP) is 7.18. The number of unbranched alkanes of at least 4 members (excludes halogenated alkanes) is 1. The van der Waals surface area contributed by atoms with Gasteiger partial charge in [-0.2, -0.15) is 0 Å². The van der Waals surface area contributed by atoms with E-state index >= 15 is 0 Å². The van der Waals surface area contributed by atoms with Crippen LogP contribution < -0.4 is 9.62 Å². The SMILES string of the molecule is CCCCNC(=O)[C@@H](Cc1ccccc1)N(Cc1ccccc1C)C(=O)CN(c1ccc(C(C)C)cc1)S(=O)(=O)c1ccc(C)cc1. The van der Waals surface area contributed by atoms with Gasteiger partial charge in [-0.1, -0.05) is 112 Å². The topological polar surface area (TPSA) is 86.8 Å².